The number of Topliss-reactive ketones (excluding diaryl/α,β-unsaturated/α-hetero) is 1. The van der Waals surface area contributed by atoms with Crippen molar-refractivity contribution in [2.24, 2.45) is 5.92 Å². The van der Waals surface area contributed by atoms with Crippen LogP contribution in [0.2, 0.25) is 0 Å². The second-order valence-electron chi connectivity index (χ2n) is 11.6. The summed E-state index contributed by atoms with van der Waals surface area (Å²) in [6.07, 6.45) is 36.1. The van der Waals surface area contributed by atoms with Crippen LogP contribution in [0.25, 0.3) is 0 Å². The summed E-state index contributed by atoms with van der Waals surface area (Å²) >= 11 is 0. The van der Waals surface area contributed by atoms with Gasteiger partial charge in [0.2, 0.25) is 0 Å². The minimum absolute atomic E-state index is 0.350. The number of hydrogen-bond donors (Lipinski definition) is 1. The molecule has 0 bridgehead atoms. The molecule has 1 aliphatic rings. The van der Waals surface area contributed by atoms with Crippen molar-refractivity contribution < 1.29 is 4.79 Å². The Hall–Kier alpha value is -0.370. The van der Waals surface area contributed by atoms with Crippen LogP contribution in [0.4, 0.5) is 0 Å². The fourth-order valence-corrected chi connectivity index (χ4v) is 5.51. The second-order valence-corrected chi connectivity index (χ2v) is 11.6. The van der Waals surface area contributed by atoms with Crippen molar-refractivity contribution in [2.45, 2.75) is 187 Å². The smallest absolute Gasteiger partial charge is 0.129 e. The molecule has 1 saturated carbocycles. The Morgan fingerprint density at radius 1 is 0.676 bits per heavy atom. The van der Waals surface area contributed by atoms with Gasteiger partial charge in [-0.2, -0.15) is 0 Å². The lowest BCUT2D eigenvalue weighted by molar-refractivity contribution is -0.117. The van der Waals surface area contributed by atoms with E-state index >= 15 is 0 Å². The predicted molar refractivity (Wildman–Crippen MR) is 152 cm³/mol. The predicted octanol–water partition coefficient (Wildman–Crippen LogP) is 10.3. The summed E-state index contributed by atoms with van der Waals surface area (Å²) in [5, 5.41) is 3.83. The molecule has 1 N–H and O–H groups in total. The summed E-state index contributed by atoms with van der Waals surface area (Å²) in [7, 11) is 0. The van der Waals surface area contributed by atoms with Crippen LogP contribution in [0.3, 0.4) is 0 Å². The maximum absolute atomic E-state index is 10.9. The van der Waals surface area contributed by atoms with Crippen molar-refractivity contribution in [3.05, 3.63) is 0 Å². The number of carbonyl (C=O) groups excluding carboxylic acids is 1. The van der Waals surface area contributed by atoms with Gasteiger partial charge in [-0.3, -0.25) is 0 Å². The molecule has 0 radical (unpaired) electrons. The largest absolute Gasteiger partial charge is 0.314 e. The first kappa shape index (κ1) is 31.7. The van der Waals surface area contributed by atoms with Crippen LogP contribution in [0.1, 0.15) is 181 Å². The molecular formula is C32H63NO. The summed E-state index contributed by atoms with van der Waals surface area (Å²) < 4.78 is 0. The highest BCUT2D eigenvalue weighted by molar-refractivity contribution is 5.75. The Balaban J connectivity index is 1.71. The standard InChI is InChI=1S/C32H63NO/c1-3-32(33-29-22-18-20-25-31-26-23-27-31)28-21-17-15-13-11-9-7-5-4-6-8-10-12-14-16-19-24-30(2)34/h31-33H,3-29H2,1-2H3/t32-/m1/s1. The molecule has 0 amide bonds. The Morgan fingerprint density at radius 3 is 1.59 bits per heavy atom. The quantitative estimate of drug-likeness (QED) is 0.119. The van der Waals surface area contributed by atoms with Crippen LogP contribution in [0.15, 0.2) is 0 Å². The van der Waals surface area contributed by atoms with Gasteiger partial charge < -0.3 is 10.1 Å². The number of unbranched alkanes of at least 4 members (excludes halogenated alkanes) is 17. The zero-order valence-corrected chi connectivity index (χ0v) is 23.7. The fourth-order valence-electron chi connectivity index (χ4n) is 5.51. The highest BCUT2D eigenvalue weighted by Crippen LogP contribution is 2.30. The monoisotopic (exact) mass is 477 g/mol. The lowest BCUT2D eigenvalue weighted by Gasteiger charge is -2.25. The number of hydrogen-bond acceptors (Lipinski definition) is 2. The van der Waals surface area contributed by atoms with Crippen LogP contribution < -0.4 is 5.32 Å². The van der Waals surface area contributed by atoms with Gasteiger partial charge in [-0.1, -0.05) is 142 Å². The summed E-state index contributed by atoms with van der Waals surface area (Å²) in [6.45, 7) is 5.30. The maximum atomic E-state index is 10.9. The Labute approximate surface area is 215 Å². The van der Waals surface area contributed by atoms with Crippen molar-refractivity contribution >= 4 is 5.78 Å². The Morgan fingerprint density at radius 2 is 1.15 bits per heavy atom. The maximum Gasteiger partial charge on any atom is 0.129 e. The molecular weight excluding hydrogens is 414 g/mol. The Bertz CT molecular complexity index is 431. The first-order valence-electron chi connectivity index (χ1n) is 15.9. The number of carbonyl (C=O) groups is 1. The van der Waals surface area contributed by atoms with Gasteiger partial charge in [-0.05, 0) is 45.1 Å². The van der Waals surface area contributed by atoms with Crippen LogP contribution in [0.5, 0.6) is 0 Å². The van der Waals surface area contributed by atoms with E-state index < -0.39 is 0 Å². The minimum Gasteiger partial charge on any atom is -0.314 e. The van der Waals surface area contributed by atoms with Crippen LogP contribution >= 0.6 is 0 Å². The number of ketones is 1. The summed E-state index contributed by atoms with van der Waals surface area (Å²) in [5.41, 5.74) is 0. The van der Waals surface area contributed by atoms with Crippen molar-refractivity contribution in [3.63, 3.8) is 0 Å². The molecule has 0 heterocycles. The van der Waals surface area contributed by atoms with E-state index in [0.717, 1.165) is 24.8 Å². The third kappa shape index (κ3) is 21.0. The molecule has 0 unspecified atom stereocenters. The van der Waals surface area contributed by atoms with Crippen molar-refractivity contribution in [1.82, 2.24) is 5.32 Å². The van der Waals surface area contributed by atoms with E-state index in [9.17, 15) is 4.79 Å². The molecule has 1 rings (SSSR count). The first-order chi connectivity index (χ1) is 16.7. The highest BCUT2D eigenvalue weighted by atomic mass is 16.1. The fraction of sp³-hybridized carbons (Fsp3) is 0.969. The highest BCUT2D eigenvalue weighted by Gasteiger charge is 2.16. The van der Waals surface area contributed by atoms with Gasteiger partial charge >= 0.3 is 0 Å². The average Bonchev–Trinajstić information content (AvgIpc) is 2.79. The Kier molecular flexibility index (Phi) is 22.7. The third-order valence-corrected chi connectivity index (χ3v) is 8.27. The molecule has 0 spiro atoms. The van der Waals surface area contributed by atoms with E-state index in [0.29, 0.717) is 5.78 Å². The van der Waals surface area contributed by atoms with Gasteiger partial charge in [0.25, 0.3) is 0 Å². The molecule has 0 aromatic rings. The molecule has 0 aromatic heterocycles. The average molecular weight is 478 g/mol. The second kappa shape index (κ2) is 24.3. The lowest BCUT2D eigenvalue weighted by Crippen LogP contribution is -2.29. The van der Waals surface area contributed by atoms with Gasteiger partial charge in [0.05, 0.1) is 0 Å². The molecule has 0 aliphatic heterocycles. The van der Waals surface area contributed by atoms with Crippen molar-refractivity contribution in [1.29, 1.82) is 0 Å². The molecule has 1 atom stereocenters. The molecule has 1 fully saturated rings. The van der Waals surface area contributed by atoms with Gasteiger partial charge in [0, 0.05) is 12.5 Å². The van der Waals surface area contributed by atoms with Crippen LogP contribution in [0, 0.1) is 5.92 Å². The molecule has 1 aliphatic carbocycles. The lowest BCUT2D eigenvalue weighted by atomic mass is 9.82. The van der Waals surface area contributed by atoms with E-state index in [-0.39, 0.29) is 0 Å². The molecule has 2 heteroatoms. The van der Waals surface area contributed by atoms with E-state index in [2.05, 4.69) is 12.2 Å². The summed E-state index contributed by atoms with van der Waals surface area (Å²) in [6, 6.07) is 0.762. The molecule has 0 saturated heterocycles. The van der Waals surface area contributed by atoms with Gasteiger partial charge in [-0.15, -0.1) is 0 Å². The SMILES string of the molecule is CC[C@H](CCCCCCCCCCCCCCCCCCC(C)=O)NCCCCCC1CCC1. The van der Waals surface area contributed by atoms with Crippen molar-refractivity contribution in [3.8, 4) is 0 Å². The van der Waals surface area contributed by atoms with E-state index in [1.54, 1.807) is 6.92 Å². The summed E-state index contributed by atoms with van der Waals surface area (Å²) in [5.74, 6) is 1.45. The molecule has 0 aromatic carbocycles. The minimum atomic E-state index is 0.350. The van der Waals surface area contributed by atoms with Crippen molar-refractivity contribution in [2.75, 3.05) is 6.54 Å². The van der Waals surface area contributed by atoms with E-state index in [1.165, 1.54) is 161 Å². The zero-order chi connectivity index (χ0) is 24.5. The number of nitrogens with one attached hydrogen (secondary N) is 1. The molecule has 2 nitrogen and oxygen atoms in total. The van der Waals surface area contributed by atoms with Gasteiger partial charge in [0.1, 0.15) is 5.78 Å². The number of rotatable bonds is 27. The van der Waals surface area contributed by atoms with E-state index in [4.69, 9.17) is 0 Å². The normalized spacial score (nSPS) is 14.9. The van der Waals surface area contributed by atoms with E-state index in [1.807, 2.05) is 0 Å². The molecule has 34 heavy (non-hydrogen) atoms. The summed E-state index contributed by atoms with van der Waals surface area (Å²) in [4.78, 5) is 10.9. The molecule has 202 valence electrons. The van der Waals surface area contributed by atoms with Crippen LogP contribution in [-0.4, -0.2) is 18.4 Å². The zero-order valence-electron chi connectivity index (χ0n) is 23.7. The van der Waals surface area contributed by atoms with Gasteiger partial charge in [0.15, 0.2) is 0 Å². The van der Waals surface area contributed by atoms with Crippen LogP contribution in [-0.2, 0) is 4.79 Å². The van der Waals surface area contributed by atoms with Gasteiger partial charge in [-0.25, -0.2) is 0 Å². The topological polar surface area (TPSA) is 29.1 Å². The third-order valence-electron chi connectivity index (χ3n) is 8.27. The first-order valence-corrected chi connectivity index (χ1v) is 15.9.